The fraction of sp³-hybridized carbons (Fsp3) is 0.111. The number of halogens is 2. The normalized spacial score (nSPS) is 10.4. The highest BCUT2D eigenvalue weighted by Gasteiger charge is 2.09. The van der Waals surface area contributed by atoms with Crippen LogP contribution in [-0.2, 0) is 0 Å². The third-order valence-corrected chi connectivity index (χ3v) is 3.63. The third kappa shape index (κ3) is 4.16. The second kappa shape index (κ2) is 7.36. The van der Waals surface area contributed by atoms with Gasteiger partial charge in [-0.15, -0.1) is 0 Å². The van der Waals surface area contributed by atoms with E-state index in [2.05, 4.69) is 20.6 Å². The zero-order chi connectivity index (χ0) is 17.8. The molecule has 5 nitrogen and oxygen atoms in total. The van der Waals surface area contributed by atoms with Crippen molar-refractivity contribution in [3.05, 3.63) is 65.2 Å². The highest BCUT2D eigenvalue weighted by Crippen LogP contribution is 2.30. The first kappa shape index (κ1) is 17.0. The van der Waals surface area contributed by atoms with Crippen LogP contribution in [0.5, 0.6) is 5.75 Å². The maximum Gasteiger partial charge on any atom is 0.146 e. The Labute approximate surface area is 149 Å². The molecule has 1 aromatic heterocycles. The molecule has 25 heavy (non-hydrogen) atoms. The van der Waals surface area contributed by atoms with Crippen LogP contribution in [-0.4, -0.2) is 17.1 Å². The lowest BCUT2D eigenvalue weighted by Gasteiger charge is -2.13. The summed E-state index contributed by atoms with van der Waals surface area (Å²) in [5.74, 6) is 1.81. The molecule has 0 bridgehead atoms. The zero-order valence-corrected chi connectivity index (χ0v) is 14.4. The van der Waals surface area contributed by atoms with Gasteiger partial charge in [0.25, 0.3) is 0 Å². The highest BCUT2D eigenvalue weighted by molar-refractivity contribution is 6.31. The number of nitrogens with zero attached hydrogens (tertiary/aromatic N) is 2. The van der Waals surface area contributed by atoms with Gasteiger partial charge in [-0.1, -0.05) is 23.7 Å². The van der Waals surface area contributed by atoms with Crippen LogP contribution in [0, 0.1) is 12.7 Å². The topological polar surface area (TPSA) is 59.1 Å². The van der Waals surface area contributed by atoms with Crippen LogP contribution < -0.4 is 15.4 Å². The summed E-state index contributed by atoms with van der Waals surface area (Å²) in [5.41, 5.74) is 1.01. The van der Waals surface area contributed by atoms with Crippen LogP contribution >= 0.6 is 11.6 Å². The number of rotatable bonds is 5. The maximum absolute atomic E-state index is 13.8. The van der Waals surface area contributed by atoms with Gasteiger partial charge >= 0.3 is 0 Å². The van der Waals surface area contributed by atoms with Crippen molar-refractivity contribution in [1.82, 2.24) is 9.97 Å². The smallest absolute Gasteiger partial charge is 0.146 e. The molecule has 3 aromatic rings. The van der Waals surface area contributed by atoms with Gasteiger partial charge in [0.05, 0.1) is 18.5 Å². The van der Waals surface area contributed by atoms with Crippen molar-refractivity contribution < 1.29 is 9.13 Å². The molecule has 0 aliphatic rings. The van der Waals surface area contributed by atoms with E-state index in [1.165, 1.54) is 6.07 Å². The van der Waals surface area contributed by atoms with E-state index < -0.39 is 0 Å². The molecule has 0 amide bonds. The Kier molecular flexibility index (Phi) is 5.00. The van der Waals surface area contributed by atoms with Crippen LogP contribution in [0.15, 0.2) is 48.5 Å². The van der Waals surface area contributed by atoms with Crippen LogP contribution in [0.3, 0.4) is 0 Å². The van der Waals surface area contributed by atoms with Gasteiger partial charge in [0.15, 0.2) is 0 Å². The van der Waals surface area contributed by atoms with E-state index in [4.69, 9.17) is 16.3 Å². The second-order valence-corrected chi connectivity index (χ2v) is 5.70. The maximum atomic E-state index is 13.8. The number of hydrogen-bond acceptors (Lipinski definition) is 5. The SMILES string of the molecule is COc1ccc(Cl)cc1Nc1cc(Nc2ccccc2F)nc(C)n1. The summed E-state index contributed by atoms with van der Waals surface area (Å²) in [7, 11) is 1.57. The molecule has 7 heteroatoms. The Morgan fingerprint density at radius 3 is 2.32 bits per heavy atom. The van der Waals surface area contributed by atoms with Gasteiger partial charge in [-0.2, -0.15) is 0 Å². The van der Waals surface area contributed by atoms with E-state index in [1.54, 1.807) is 56.5 Å². The Hall–Kier alpha value is -2.86. The summed E-state index contributed by atoms with van der Waals surface area (Å²) in [6, 6.07) is 13.3. The summed E-state index contributed by atoms with van der Waals surface area (Å²) in [6.45, 7) is 1.76. The largest absolute Gasteiger partial charge is 0.495 e. The van der Waals surface area contributed by atoms with E-state index in [0.29, 0.717) is 39.6 Å². The van der Waals surface area contributed by atoms with Crippen LogP contribution in [0.2, 0.25) is 5.02 Å². The van der Waals surface area contributed by atoms with E-state index in [1.807, 2.05) is 0 Å². The fourth-order valence-corrected chi connectivity index (χ4v) is 2.48. The average molecular weight is 359 g/mol. The first-order chi connectivity index (χ1) is 12.0. The molecule has 0 radical (unpaired) electrons. The minimum Gasteiger partial charge on any atom is -0.495 e. The molecule has 3 rings (SSSR count). The van der Waals surface area contributed by atoms with Crippen molar-refractivity contribution in [2.24, 2.45) is 0 Å². The van der Waals surface area contributed by atoms with Crippen LogP contribution in [0.25, 0.3) is 0 Å². The molecule has 0 unspecified atom stereocenters. The lowest BCUT2D eigenvalue weighted by molar-refractivity contribution is 0.417. The minimum atomic E-state index is -0.357. The number of ether oxygens (including phenoxy) is 1. The predicted octanol–water partition coefficient (Wildman–Crippen LogP) is 5.07. The molecule has 128 valence electrons. The number of methoxy groups -OCH3 is 1. The van der Waals surface area contributed by atoms with Crippen molar-refractivity contribution in [3.63, 3.8) is 0 Å². The molecule has 0 aliphatic carbocycles. The molecule has 1 heterocycles. The molecular formula is C18H16ClFN4O. The number of aromatic nitrogens is 2. The van der Waals surface area contributed by atoms with Crippen molar-refractivity contribution in [3.8, 4) is 5.75 Å². The minimum absolute atomic E-state index is 0.340. The number of anilines is 4. The molecule has 2 N–H and O–H groups in total. The quantitative estimate of drug-likeness (QED) is 0.666. The summed E-state index contributed by atoms with van der Waals surface area (Å²) >= 11 is 6.04. The van der Waals surface area contributed by atoms with Crippen molar-refractivity contribution in [2.75, 3.05) is 17.7 Å². The standard InChI is InChI=1S/C18H16ClFN4O/c1-11-21-17(23-14-6-4-3-5-13(14)20)10-18(22-11)24-15-9-12(19)7-8-16(15)25-2/h3-10H,1-2H3,(H2,21,22,23,24). The first-order valence-electron chi connectivity index (χ1n) is 7.53. The van der Waals surface area contributed by atoms with E-state index in [-0.39, 0.29) is 5.82 Å². The molecule has 2 aromatic carbocycles. The van der Waals surface area contributed by atoms with Crippen molar-refractivity contribution >= 4 is 34.6 Å². The van der Waals surface area contributed by atoms with Gasteiger partial charge in [0, 0.05) is 11.1 Å². The molecule has 0 atom stereocenters. The Morgan fingerprint density at radius 2 is 1.64 bits per heavy atom. The van der Waals surface area contributed by atoms with Gasteiger partial charge in [-0.05, 0) is 37.3 Å². The number of benzene rings is 2. The summed E-state index contributed by atoms with van der Waals surface area (Å²) in [5, 5.41) is 6.68. The average Bonchev–Trinajstić information content (AvgIpc) is 2.57. The number of hydrogen-bond donors (Lipinski definition) is 2. The number of aryl methyl sites for hydroxylation is 1. The predicted molar refractivity (Wildman–Crippen MR) is 97.7 cm³/mol. The van der Waals surface area contributed by atoms with Crippen molar-refractivity contribution in [1.29, 1.82) is 0 Å². The van der Waals surface area contributed by atoms with E-state index in [0.717, 1.165) is 0 Å². The third-order valence-electron chi connectivity index (χ3n) is 3.40. The van der Waals surface area contributed by atoms with Crippen LogP contribution in [0.4, 0.5) is 27.4 Å². The zero-order valence-electron chi connectivity index (χ0n) is 13.7. The Balaban J connectivity index is 1.90. The number of para-hydroxylation sites is 1. The van der Waals surface area contributed by atoms with Crippen molar-refractivity contribution in [2.45, 2.75) is 6.92 Å². The summed E-state index contributed by atoms with van der Waals surface area (Å²) < 4.78 is 19.1. The van der Waals surface area contributed by atoms with Crippen LogP contribution in [0.1, 0.15) is 5.82 Å². The molecule has 0 saturated heterocycles. The molecule has 0 saturated carbocycles. The Morgan fingerprint density at radius 1 is 0.960 bits per heavy atom. The second-order valence-electron chi connectivity index (χ2n) is 5.26. The van der Waals surface area contributed by atoms with E-state index in [9.17, 15) is 4.39 Å². The van der Waals surface area contributed by atoms with Gasteiger partial charge in [0.2, 0.25) is 0 Å². The summed E-state index contributed by atoms with van der Waals surface area (Å²) in [6.07, 6.45) is 0. The lowest BCUT2D eigenvalue weighted by Crippen LogP contribution is -2.03. The lowest BCUT2D eigenvalue weighted by atomic mass is 10.3. The first-order valence-corrected chi connectivity index (χ1v) is 7.91. The fourth-order valence-electron chi connectivity index (χ4n) is 2.31. The molecule has 0 aliphatic heterocycles. The highest BCUT2D eigenvalue weighted by atomic mass is 35.5. The molecular weight excluding hydrogens is 343 g/mol. The monoisotopic (exact) mass is 358 g/mol. The van der Waals surface area contributed by atoms with E-state index >= 15 is 0 Å². The van der Waals surface area contributed by atoms with Gasteiger partial charge in [-0.25, -0.2) is 14.4 Å². The van der Waals surface area contributed by atoms with Gasteiger partial charge < -0.3 is 15.4 Å². The Bertz CT molecular complexity index is 904. The summed E-state index contributed by atoms with van der Waals surface area (Å²) in [4.78, 5) is 8.63. The molecule has 0 fully saturated rings. The van der Waals surface area contributed by atoms with Gasteiger partial charge in [-0.3, -0.25) is 0 Å². The molecule has 0 spiro atoms. The van der Waals surface area contributed by atoms with Gasteiger partial charge in [0.1, 0.15) is 29.0 Å². The number of nitrogens with one attached hydrogen (secondary N) is 2.